The molecule has 2 aromatic heterocycles. The molecule has 0 aromatic carbocycles. The van der Waals surface area contributed by atoms with E-state index in [-0.39, 0.29) is 5.91 Å². The summed E-state index contributed by atoms with van der Waals surface area (Å²) in [5.74, 6) is 0.241. The molecule has 15 heavy (non-hydrogen) atoms. The van der Waals surface area contributed by atoms with Crippen molar-refractivity contribution in [2.45, 2.75) is 6.92 Å². The lowest BCUT2D eigenvalue weighted by atomic mass is 10.2. The first-order valence-electron chi connectivity index (χ1n) is 4.49. The summed E-state index contributed by atoms with van der Waals surface area (Å²) in [4.78, 5) is 22.4. The molecule has 0 aliphatic heterocycles. The summed E-state index contributed by atoms with van der Waals surface area (Å²) in [5.41, 5.74) is 1.38. The van der Waals surface area contributed by atoms with E-state index < -0.39 is 0 Å². The minimum atomic E-state index is -0.199. The second-order valence-electron chi connectivity index (χ2n) is 3.08. The second kappa shape index (κ2) is 3.91. The summed E-state index contributed by atoms with van der Waals surface area (Å²) in [5, 5.41) is 2.63. The van der Waals surface area contributed by atoms with E-state index in [0.29, 0.717) is 11.5 Å². The molecule has 2 N–H and O–H groups in total. The van der Waals surface area contributed by atoms with Crippen LogP contribution in [-0.2, 0) is 0 Å². The van der Waals surface area contributed by atoms with E-state index in [1.165, 1.54) is 0 Å². The Bertz CT molecular complexity index is 464. The predicted molar refractivity (Wildman–Crippen MR) is 55.5 cm³/mol. The average molecular weight is 202 g/mol. The Morgan fingerprint density at radius 1 is 1.40 bits per heavy atom. The number of aromatic amines is 1. The molecular weight excluding hydrogens is 192 g/mol. The average Bonchev–Trinajstić information content (AvgIpc) is 2.70. The van der Waals surface area contributed by atoms with Crippen molar-refractivity contribution in [3.05, 3.63) is 42.0 Å². The molecule has 2 rings (SSSR count). The first-order valence-corrected chi connectivity index (χ1v) is 4.49. The lowest BCUT2D eigenvalue weighted by Gasteiger charge is -2.01. The molecule has 5 nitrogen and oxygen atoms in total. The Kier molecular flexibility index (Phi) is 2.45. The molecular formula is C10H10N4O. The maximum Gasteiger partial charge on any atom is 0.258 e. The Balaban J connectivity index is 2.15. The smallest absolute Gasteiger partial charge is 0.258 e. The van der Waals surface area contributed by atoms with Crippen LogP contribution in [0.4, 0.5) is 5.95 Å². The molecule has 0 fully saturated rings. The van der Waals surface area contributed by atoms with Crippen molar-refractivity contribution < 1.29 is 4.79 Å². The molecule has 0 spiro atoms. The van der Waals surface area contributed by atoms with Gasteiger partial charge in [-0.15, -0.1) is 0 Å². The molecule has 2 heterocycles. The third-order valence-corrected chi connectivity index (χ3v) is 1.89. The highest BCUT2D eigenvalue weighted by Crippen LogP contribution is 2.04. The summed E-state index contributed by atoms with van der Waals surface area (Å²) in [6.07, 6.45) is 4.83. The summed E-state index contributed by atoms with van der Waals surface area (Å²) in [6, 6.07) is 3.38. The number of pyridine rings is 1. The van der Waals surface area contributed by atoms with Gasteiger partial charge in [0.25, 0.3) is 5.91 Å². The largest absolute Gasteiger partial charge is 0.331 e. The van der Waals surface area contributed by atoms with Gasteiger partial charge in [-0.3, -0.25) is 15.1 Å². The monoisotopic (exact) mass is 202 g/mol. The molecule has 0 atom stereocenters. The van der Waals surface area contributed by atoms with E-state index in [1.54, 1.807) is 30.7 Å². The number of aryl methyl sites for hydroxylation is 1. The minimum absolute atomic E-state index is 0.199. The molecule has 2 aromatic rings. The number of amides is 1. The predicted octanol–water partition coefficient (Wildman–Crippen LogP) is 1.37. The molecule has 0 radical (unpaired) electrons. The number of anilines is 1. The summed E-state index contributed by atoms with van der Waals surface area (Å²) < 4.78 is 0. The number of H-pyrrole nitrogens is 1. The Morgan fingerprint density at radius 2 is 2.27 bits per heavy atom. The lowest BCUT2D eigenvalue weighted by Crippen LogP contribution is -2.13. The number of hydrogen-bond donors (Lipinski definition) is 2. The fourth-order valence-electron chi connectivity index (χ4n) is 1.20. The number of nitrogens with zero attached hydrogens (tertiary/aromatic N) is 2. The van der Waals surface area contributed by atoms with Gasteiger partial charge in [-0.05, 0) is 19.1 Å². The van der Waals surface area contributed by atoms with E-state index in [0.717, 1.165) is 5.69 Å². The Labute approximate surface area is 86.6 Å². The van der Waals surface area contributed by atoms with E-state index in [9.17, 15) is 4.79 Å². The molecule has 0 aliphatic carbocycles. The van der Waals surface area contributed by atoms with Crippen molar-refractivity contribution in [2.24, 2.45) is 0 Å². The molecule has 0 bridgehead atoms. The maximum atomic E-state index is 11.7. The Morgan fingerprint density at radius 3 is 2.93 bits per heavy atom. The van der Waals surface area contributed by atoms with Crippen molar-refractivity contribution in [3.8, 4) is 0 Å². The summed E-state index contributed by atoms with van der Waals surface area (Å²) in [7, 11) is 0. The first kappa shape index (κ1) is 9.39. The molecule has 0 aliphatic rings. The molecule has 0 saturated carbocycles. The SMILES string of the molecule is Cc1cc(C(=O)Nc2ncc[nH]2)ccn1. The molecule has 1 amide bonds. The van der Waals surface area contributed by atoms with Gasteiger partial charge in [-0.2, -0.15) is 0 Å². The highest BCUT2D eigenvalue weighted by atomic mass is 16.1. The van der Waals surface area contributed by atoms with Crippen LogP contribution in [0.1, 0.15) is 16.1 Å². The highest BCUT2D eigenvalue weighted by molar-refractivity contribution is 6.03. The minimum Gasteiger partial charge on any atom is -0.331 e. The summed E-state index contributed by atoms with van der Waals surface area (Å²) >= 11 is 0. The summed E-state index contributed by atoms with van der Waals surface area (Å²) in [6.45, 7) is 1.84. The number of hydrogen-bond acceptors (Lipinski definition) is 3. The van der Waals surface area contributed by atoms with Crippen molar-refractivity contribution in [3.63, 3.8) is 0 Å². The van der Waals surface area contributed by atoms with Gasteiger partial charge in [0.15, 0.2) is 0 Å². The normalized spacial score (nSPS) is 9.93. The van der Waals surface area contributed by atoms with E-state index in [1.807, 2.05) is 6.92 Å². The number of aromatic nitrogens is 3. The van der Waals surface area contributed by atoms with Crippen molar-refractivity contribution in [1.29, 1.82) is 0 Å². The van der Waals surface area contributed by atoms with Gasteiger partial charge < -0.3 is 4.98 Å². The topological polar surface area (TPSA) is 70.7 Å². The fraction of sp³-hybridized carbons (Fsp3) is 0.100. The van der Waals surface area contributed by atoms with Crippen LogP contribution in [0, 0.1) is 6.92 Å². The number of carbonyl (C=O) groups is 1. The Hall–Kier alpha value is -2.17. The van der Waals surface area contributed by atoms with Crippen molar-refractivity contribution in [1.82, 2.24) is 15.0 Å². The van der Waals surface area contributed by atoms with Gasteiger partial charge in [0.2, 0.25) is 5.95 Å². The van der Waals surface area contributed by atoms with Gasteiger partial charge in [-0.25, -0.2) is 4.98 Å². The van der Waals surface area contributed by atoms with Crippen LogP contribution in [-0.4, -0.2) is 20.9 Å². The van der Waals surface area contributed by atoms with Crippen LogP contribution in [0.5, 0.6) is 0 Å². The molecule has 0 unspecified atom stereocenters. The maximum absolute atomic E-state index is 11.7. The van der Waals surface area contributed by atoms with Gasteiger partial charge >= 0.3 is 0 Å². The van der Waals surface area contributed by atoms with Crippen LogP contribution in [0.25, 0.3) is 0 Å². The number of carbonyl (C=O) groups excluding carboxylic acids is 1. The standard InChI is InChI=1S/C10H10N4O/c1-7-6-8(2-3-11-7)9(15)14-10-12-4-5-13-10/h2-6H,1H3,(H2,12,13,14,15). The lowest BCUT2D eigenvalue weighted by molar-refractivity contribution is 0.102. The van der Waals surface area contributed by atoms with Gasteiger partial charge in [0, 0.05) is 29.8 Å². The third-order valence-electron chi connectivity index (χ3n) is 1.89. The van der Waals surface area contributed by atoms with E-state index in [2.05, 4.69) is 20.3 Å². The number of imidazole rings is 1. The van der Waals surface area contributed by atoms with Crippen LogP contribution in [0.3, 0.4) is 0 Å². The number of nitrogens with one attached hydrogen (secondary N) is 2. The van der Waals surface area contributed by atoms with E-state index >= 15 is 0 Å². The zero-order chi connectivity index (χ0) is 10.7. The second-order valence-corrected chi connectivity index (χ2v) is 3.08. The molecule has 76 valence electrons. The van der Waals surface area contributed by atoms with Gasteiger partial charge in [-0.1, -0.05) is 0 Å². The van der Waals surface area contributed by atoms with Crippen LogP contribution in [0.15, 0.2) is 30.7 Å². The van der Waals surface area contributed by atoms with Crippen molar-refractivity contribution >= 4 is 11.9 Å². The zero-order valence-electron chi connectivity index (χ0n) is 8.19. The molecule has 0 saturated heterocycles. The number of rotatable bonds is 2. The van der Waals surface area contributed by atoms with Crippen LogP contribution < -0.4 is 5.32 Å². The fourth-order valence-corrected chi connectivity index (χ4v) is 1.20. The van der Waals surface area contributed by atoms with Crippen molar-refractivity contribution in [2.75, 3.05) is 5.32 Å². The molecule has 5 heteroatoms. The van der Waals surface area contributed by atoms with E-state index in [4.69, 9.17) is 0 Å². The van der Waals surface area contributed by atoms with Crippen LogP contribution >= 0.6 is 0 Å². The highest BCUT2D eigenvalue weighted by Gasteiger charge is 2.06. The third kappa shape index (κ3) is 2.19. The van der Waals surface area contributed by atoms with Gasteiger partial charge in [0.1, 0.15) is 0 Å². The van der Waals surface area contributed by atoms with Crippen LogP contribution in [0.2, 0.25) is 0 Å². The first-order chi connectivity index (χ1) is 7.25. The zero-order valence-corrected chi connectivity index (χ0v) is 8.19. The quantitative estimate of drug-likeness (QED) is 0.772. The van der Waals surface area contributed by atoms with Gasteiger partial charge in [0.05, 0.1) is 0 Å².